The number of carbonyl (C=O) groups is 2. The zero-order valence-electron chi connectivity index (χ0n) is 17.1. The first-order chi connectivity index (χ1) is 13.8. The van der Waals surface area contributed by atoms with E-state index >= 15 is 0 Å². The first-order valence-electron chi connectivity index (χ1n) is 10.1. The average molecular weight is 423 g/mol. The Morgan fingerprint density at radius 3 is 2.38 bits per heavy atom. The van der Waals surface area contributed by atoms with E-state index in [0.717, 1.165) is 30.2 Å². The minimum absolute atomic E-state index is 0.0467. The van der Waals surface area contributed by atoms with Gasteiger partial charge in [-0.2, -0.15) is 0 Å². The van der Waals surface area contributed by atoms with Crippen LogP contribution >= 0.6 is 0 Å². The van der Waals surface area contributed by atoms with Gasteiger partial charge in [-0.05, 0) is 57.0 Å². The highest BCUT2D eigenvalue weighted by Crippen LogP contribution is 2.21. The summed E-state index contributed by atoms with van der Waals surface area (Å²) < 4.78 is 25.6. The van der Waals surface area contributed by atoms with Crippen LogP contribution in [-0.2, 0) is 14.8 Å². The number of hydrogen-bond acceptors (Lipinski definition) is 5. The highest BCUT2D eigenvalue weighted by Gasteiger charge is 2.28. The van der Waals surface area contributed by atoms with Crippen molar-refractivity contribution in [2.24, 2.45) is 0 Å². The number of amides is 2. The highest BCUT2D eigenvalue weighted by molar-refractivity contribution is 7.89. The van der Waals surface area contributed by atoms with Crippen LogP contribution in [0.4, 0.5) is 0 Å². The fourth-order valence-corrected chi connectivity index (χ4v) is 4.91. The maximum atomic E-state index is 12.5. The Bertz CT molecular complexity index is 842. The van der Waals surface area contributed by atoms with E-state index in [0.29, 0.717) is 19.1 Å². The molecule has 9 heteroatoms. The summed E-state index contributed by atoms with van der Waals surface area (Å²) >= 11 is 0. The first kappa shape index (κ1) is 21.7. The Kier molecular flexibility index (Phi) is 6.92. The van der Waals surface area contributed by atoms with Crippen molar-refractivity contribution in [1.82, 2.24) is 19.4 Å². The number of nitrogens with zero attached hydrogens (tertiary/aromatic N) is 3. The molecule has 3 rings (SSSR count). The van der Waals surface area contributed by atoms with E-state index in [9.17, 15) is 18.0 Å². The number of nitrogens with one attached hydrogen (secondary N) is 1. The zero-order valence-corrected chi connectivity index (χ0v) is 18.0. The van der Waals surface area contributed by atoms with Gasteiger partial charge < -0.3 is 15.1 Å². The summed E-state index contributed by atoms with van der Waals surface area (Å²) in [5.41, 5.74) is 0.216. The van der Waals surface area contributed by atoms with Crippen molar-refractivity contribution in [2.45, 2.75) is 36.6 Å². The van der Waals surface area contributed by atoms with Crippen LogP contribution in [0.25, 0.3) is 0 Å². The van der Waals surface area contributed by atoms with Gasteiger partial charge in [-0.15, -0.1) is 0 Å². The number of rotatable bonds is 6. The quantitative estimate of drug-likeness (QED) is 0.731. The standard InChI is InChI=1S/C20H30N4O4S/c1-22(2)29(27,28)18-7-5-6-16(14-18)20(26)21-15-19(25)24-12-8-17(9-13-24)23-10-3-4-11-23/h5-7,14,17H,3-4,8-13,15H2,1-2H3,(H,21,26). The van der Waals surface area contributed by atoms with Crippen LogP contribution in [0.5, 0.6) is 0 Å². The molecule has 2 heterocycles. The SMILES string of the molecule is CN(C)S(=O)(=O)c1cccc(C(=O)NCC(=O)N2CCC(N3CCCC3)CC2)c1. The molecule has 1 aromatic rings. The molecular weight excluding hydrogens is 392 g/mol. The molecule has 1 N–H and O–H groups in total. The van der Waals surface area contributed by atoms with Crippen LogP contribution in [0, 0.1) is 0 Å². The predicted molar refractivity (Wildman–Crippen MR) is 110 cm³/mol. The third-order valence-electron chi connectivity index (χ3n) is 5.75. The van der Waals surface area contributed by atoms with Crippen molar-refractivity contribution in [3.05, 3.63) is 29.8 Å². The molecule has 0 aromatic heterocycles. The highest BCUT2D eigenvalue weighted by atomic mass is 32.2. The van der Waals surface area contributed by atoms with Gasteiger partial charge in [0, 0.05) is 38.8 Å². The molecule has 8 nitrogen and oxygen atoms in total. The van der Waals surface area contributed by atoms with Gasteiger partial charge in [0.1, 0.15) is 0 Å². The Labute approximate surface area is 172 Å². The van der Waals surface area contributed by atoms with Crippen molar-refractivity contribution >= 4 is 21.8 Å². The van der Waals surface area contributed by atoms with E-state index in [-0.39, 0.29) is 22.9 Å². The fraction of sp³-hybridized carbons (Fsp3) is 0.600. The average Bonchev–Trinajstić information content (AvgIpc) is 3.26. The third-order valence-corrected chi connectivity index (χ3v) is 7.56. The summed E-state index contributed by atoms with van der Waals surface area (Å²) in [5.74, 6) is -0.559. The van der Waals surface area contributed by atoms with Crippen molar-refractivity contribution < 1.29 is 18.0 Å². The number of carbonyl (C=O) groups excluding carboxylic acids is 2. The molecule has 160 valence electrons. The topological polar surface area (TPSA) is 90.0 Å². The van der Waals surface area contributed by atoms with E-state index in [4.69, 9.17) is 0 Å². The van der Waals surface area contributed by atoms with E-state index < -0.39 is 15.9 Å². The molecule has 2 fully saturated rings. The molecule has 2 amide bonds. The van der Waals surface area contributed by atoms with Gasteiger partial charge in [0.05, 0.1) is 11.4 Å². The Morgan fingerprint density at radius 2 is 1.76 bits per heavy atom. The van der Waals surface area contributed by atoms with E-state index in [1.807, 2.05) is 0 Å². The van der Waals surface area contributed by atoms with Crippen molar-refractivity contribution in [1.29, 1.82) is 0 Å². The van der Waals surface area contributed by atoms with Gasteiger partial charge in [-0.25, -0.2) is 12.7 Å². The van der Waals surface area contributed by atoms with Crippen LogP contribution < -0.4 is 5.32 Å². The second-order valence-corrected chi connectivity index (χ2v) is 10.0. The summed E-state index contributed by atoms with van der Waals surface area (Å²) in [6.07, 6.45) is 4.48. The fourth-order valence-electron chi connectivity index (χ4n) is 3.97. The third kappa shape index (κ3) is 5.15. The normalized spacial score (nSPS) is 18.9. The zero-order chi connectivity index (χ0) is 21.0. The first-order valence-corrected chi connectivity index (χ1v) is 11.6. The molecule has 2 aliphatic rings. The smallest absolute Gasteiger partial charge is 0.251 e. The van der Waals surface area contributed by atoms with Gasteiger partial charge in [-0.1, -0.05) is 6.07 Å². The molecule has 0 bridgehead atoms. The van der Waals surface area contributed by atoms with E-state index in [1.165, 1.54) is 51.2 Å². The lowest BCUT2D eigenvalue weighted by molar-refractivity contribution is -0.131. The lowest BCUT2D eigenvalue weighted by Gasteiger charge is -2.36. The lowest BCUT2D eigenvalue weighted by Crippen LogP contribution is -2.48. The maximum Gasteiger partial charge on any atom is 0.251 e. The summed E-state index contributed by atoms with van der Waals surface area (Å²) in [6, 6.07) is 6.41. The van der Waals surface area contributed by atoms with Crippen molar-refractivity contribution in [3.63, 3.8) is 0 Å². The summed E-state index contributed by atoms with van der Waals surface area (Å²) in [5, 5.41) is 2.62. The van der Waals surface area contributed by atoms with Gasteiger partial charge >= 0.3 is 0 Å². The molecular formula is C20H30N4O4S. The minimum Gasteiger partial charge on any atom is -0.343 e. The van der Waals surface area contributed by atoms with Crippen LogP contribution in [0.3, 0.4) is 0 Å². The van der Waals surface area contributed by atoms with Gasteiger partial charge in [0.2, 0.25) is 15.9 Å². The Hall–Kier alpha value is -1.97. The number of benzene rings is 1. The number of piperidine rings is 1. The van der Waals surface area contributed by atoms with E-state index in [1.54, 1.807) is 4.90 Å². The molecule has 0 spiro atoms. The number of likely N-dealkylation sites (tertiary alicyclic amines) is 2. The molecule has 0 radical (unpaired) electrons. The largest absolute Gasteiger partial charge is 0.343 e. The molecule has 2 aliphatic heterocycles. The van der Waals surface area contributed by atoms with Crippen LogP contribution in [-0.4, -0.2) is 87.2 Å². The summed E-state index contributed by atoms with van der Waals surface area (Å²) in [4.78, 5) is 29.3. The second-order valence-electron chi connectivity index (χ2n) is 7.85. The minimum atomic E-state index is -3.62. The monoisotopic (exact) mass is 422 g/mol. The van der Waals surface area contributed by atoms with Crippen LogP contribution in [0.2, 0.25) is 0 Å². The molecule has 0 atom stereocenters. The molecule has 1 aromatic carbocycles. The summed E-state index contributed by atoms with van der Waals surface area (Å²) in [6.45, 7) is 3.67. The Balaban J connectivity index is 1.51. The second kappa shape index (κ2) is 9.23. The number of hydrogen-bond donors (Lipinski definition) is 1. The Morgan fingerprint density at radius 1 is 1.10 bits per heavy atom. The van der Waals surface area contributed by atoms with E-state index in [2.05, 4.69) is 10.2 Å². The molecule has 0 aliphatic carbocycles. The molecule has 0 unspecified atom stereocenters. The van der Waals surface area contributed by atoms with Gasteiger partial charge in [0.25, 0.3) is 5.91 Å². The predicted octanol–water partition coefficient (Wildman–Crippen LogP) is 0.754. The maximum absolute atomic E-state index is 12.5. The lowest BCUT2D eigenvalue weighted by atomic mass is 10.0. The molecule has 29 heavy (non-hydrogen) atoms. The molecule has 2 saturated heterocycles. The van der Waals surface area contributed by atoms with Crippen LogP contribution in [0.15, 0.2) is 29.2 Å². The van der Waals surface area contributed by atoms with Gasteiger partial charge in [-0.3, -0.25) is 9.59 Å². The number of sulfonamides is 1. The van der Waals surface area contributed by atoms with Crippen LogP contribution in [0.1, 0.15) is 36.0 Å². The molecule has 0 saturated carbocycles. The van der Waals surface area contributed by atoms with Crippen molar-refractivity contribution in [3.8, 4) is 0 Å². The van der Waals surface area contributed by atoms with Gasteiger partial charge in [0.15, 0.2) is 0 Å². The van der Waals surface area contributed by atoms with Crippen molar-refractivity contribution in [2.75, 3.05) is 46.8 Å². The summed E-state index contributed by atoms with van der Waals surface area (Å²) in [7, 11) is -0.743.